The SMILES string of the molecule is Cc1cc2c(cn1)-c1cccnc1[C@H](C)C(=O)N2CC(=O)Nc1ccc(C(F)F)c(F)c1. The Balaban J connectivity index is 1.66. The number of hydrogen-bond acceptors (Lipinski definition) is 4. The molecule has 0 bridgehead atoms. The predicted octanol–water partition coefficient (Wildman–Crippen LogP) is 4.62. The van der Waals surface area contributed by atoms with Gasteiger partial charge in [-0.1, -0.05) is 6.07 Å². The fourth-order valence-electron chi connectivity index (χ4n) is 3.73. The van der Waals surface area contributed by atoms with Crippen molar-refractivity contribution >= 4 is 23.2 Å². The Morgan fingerprint density at radius 1 is 1.19 bits per heavy atom. The zero-order valence-electron chi connectivity index (χ0n) is 17.3. The molecule has 0 saturated heterocycles. The molecule has 2 aromatic heterocycles. The fraction of sp³-hybridized carbons (Fsp3) is 0.217. The molecule has 164 valence electrons. The summed E-state index contributed by atoms with van der Waals surface area (Å²) in [5.74, 6) is -2.67. The summed E-state index contributed by atoms with van der Waals surface area (Å²) >= 11 is 0. The van der Waals surface area contributed by atoms with E-state index in [2.05, 4.69) is 15.3 Å². The van der Waals surface area contributed by atoms with Gasteiger partial charge in [0.15, 0.2) is 0 Å². The van der Waals surface area contributed by atoms with Crippen LogP contribution in [0.4, 0.5) is 24.5 Å². The number of nitrogens with one attached hydrogen (secondary N) is 1. The second kappa shape index (κ2) is 8.41. The summed E-state index contributed by atoms with van der Waals surface area (Å²) < 4.78 is 39.4. The van der Waals surface area contributed by atoms with Gasteiger partial charge in [-0.05, 0) is 44.2 Å². The van der Waals surface area contributed by atoms with E-state index >= 15 is 0 Å². The number of amides is 2. The molecule has 0 radical (unpaired) electrons. The van der Waals surface area contributed by atoms with E-state index in [0.29, 0.717) is 22.6 Å². The van der Waals surface area contributed by atoms with Gasteiger partial charge < -0.3 is 10.2 Å². The lowest BCUT2D eigenvalue weighted by molar-refractivity contribution is -0.122. The summed E-state index contributed by atoms with van der Waals surface area (Å²) in [5, 5.41) is 2.47. The van der Waals surface area contributed by atoms with Crippen LogP contribution in [0.1, 0.15) is 36.2 Å². The molecule has 32 heavy (non-hydrogen) atoms. The fourth-order valence-corrected chi connectivity index (χ4v) is 3.73. The van der Waals surface area contributed by atoms with Gasteiger partial charge in [-0.15, -0.1) is 0 Å². The Kier molecular flexibility index (Phi) is 5.65. The highest BCUT2D eigenvalue weighted by Gasteiger charge is 2.33. The van der Waals surface area contributed by atoms with Crippen molar-refractivity contribution in [3.8, 4) is 11.1 Å². The van der Waals surface area contributed by atoms with Gasteiger partial charge in [-0.2, -0.15) is 0 Å². The van der Waals surface area contributed by atoms with Crippen molar-refractivity contribution in [1.29, 1.82) is 0 Å². The number of aryl methyl sites for hydroxylation is 1. The maximum Gasteiger partial charge on any atom is 0.266 e. The number of pyridine rings is 2. The molecular weight excluding hydrogens is 421 g/mol. The highest BCUT2D eigenvalue weighted by Crippen LogP contribution is 2.39. The third-order valence-electron chi connectivity index (χ3n) is 5.31. The third-order valence-corrected chi connectivity index (χ3v) is 5.31. The minimum Gasteiger partial charge on any atom is -0.324 e. The third kappa shape index (κ3) is 3.93. The first kappa shape index (κ1) is 21.5. The van der Waals surface area contributed by atoms with Gasteiger partial charge in [0.2, 0.25) is 11.8 Å². The normalized spacial score (nSPS) is 15.2. The minimum atomic E-state index is -2.96. The summed E-state index contributed by atoms with van der Waals surface area (Å²) in [6.07, 6.45) is 0.281. The van der Waals surface area contributed by atoms with Crippen LogP contribution in [0.5, 0.6) is 0 Å². The van der Waals surface area contributed by atoms with Crippen LogP contribution in [0.15, 0.2) is 48.8 Å². The number of anilines is 2. The lowest BCUT2D eigenvalue weighted by Gasteiger charge is -2.24. The van der Waals surface area contributed by atoms with Crippen molar-refractivity contribution in [3.05, 3.63) is 71.6 Å². The Morgan fingerprint density at radius 2 is 1.97 bits per heavy atom. The molecule has 1 aliphatic heterocycles. The van der Waals surface area contributed by atoms with Gasteiger partial charge in [0.05, 0.1) is 22.9 Å². The number of hydrogen-bond donors (Lipinski definition) is 1. The molecule has 0 saturated carbocycles. The number of alkyl halides is 2. The van der Waals surface area contributed by atoms with Crippen molar-refractivity contribution in [2.75, 3.05) is 16.8 Å². The Morgan fingerprint density at radius 3 is 2.69 bits per heavy atom. The van der Waals surface area contributed by atoms with Gasteiger partial charge in [-0.3, -0.25) is 19.6 Å². The van der Waals surface area contributed by atoms with E-state index in [1.54, 1.807) is 38.4 Å². The van der Waals surface area contributed by atoms with Gasteiger partial charge >= 0.3 is 0 Å². The van der Waals surface area contributed by atoms with Gasteiger partial charge in [0.25, 0.3) is 6.43 Å². The first-order valence-corrected chi connectivity index (χ1v) is 9.87. The van der Waals surface area contributed by atoms with Crippen LogP contribution < -0.4 is 10.2 Å². The second-order valence-corrected chi connectivity index (χ2v) is 7.51. The molecule has 0 aliphatic carbocycles. The lowest BCUT2D eigenvalue weighted by Crippen LogP contribution is -2.40. The van der Waals surface area contributed by atoms with Crippen LogP contribution >= 0.6 is 0 Å². The number of rotatable bonds is 4. The number of halogens is 3. The summed E-state index contributed by atoms with van der Waals surface area (Å²) in [6.45, 7) is 3.13. The molecule has 6 nitrogen and oxygen atoms in total. The van der Waals surface area contributed by atoms with E-state index < -0.39 is 29.6 Å². The molecule has 1 N–H and O–H groups in total. The van der Waals surface area contributed by atoms with Gasteiger partial charge in [-0.25, -0.2) is 13.2 Å². The monoisotopic (exact) mass is 440 g/mol. The van der Waals surface area contributed by atoms with Gasteiger partial charge in [0, 0.05) is 34.9 Å². The van der Waals surface area contributed by atoms with Crippen molar-refractivity contribution in [2.45, 2.75) is 26.2 Å². The highest BCUT2D eigenvalue weighted by atomic mass is 19.3. The molecule has 1 aliphatic rings. The zero-order chi connectivity index (χ0) is 23.0. The molecule has 3 heterocycles. The smallest absolute Gasteiger partial charge is 0.266 e. The molecule has 4 rings (SSSR count). The number of aromatic nitrogens is 2. The molecule has 1 atom stereocenters. The van der Waals surface area contributed by atoms with Crippen molar-refractivity contribution in [3.63, 3.8) is 0 Å². The first-order chi connectivity index (χ1) is 15.3. The van der Waals surface area contributed by atoms with E-state index in [1.165, 1.54) is 11.0 Å². The molecule has 0 spiro atoms. The predicted molar refractivity (Wildman–Crippen MR) is 113 cm³/mol. The summed E-state index contributed by atoms with van der Waals surface area (Å²) in [7, 11) is 0. The molecule has 0 fully saturated rings. The maximum atomic E-state index is 13.9. The van der Waals surface area contributed by atoms with Crippen LogP contribution in [0.25, 0.3) is 11.1 Å². The van der Waals surface area contributed by atoms with Crippen LogP contribution in [0.3, 0.4) is 0 Å². The molecule has 0 unspecified atom stereocenters. The quantitative estimate of drug-likeness (QED) is 0.643. The number of carbonyl (C=O) groups is 2. The zero-order valence-corrected chi connectivity index (χ0v) is 17.3. The van der Waals surface area contributed by atoms with Crippen LogP contribution in [0.2, 0.25) is 0 Å². The van der Waals surface area contributed by atoms with E-state index in [0.717, 1.165) is 17.7 Å². The summed E-state index contributed by atoms with van der Waals surface area (Å²) in [4.78, 5) is 36.1. The summed E-state index contributed by atoms with van der Waals surface area (Å²) in [6, 6.07) is 8.26. The van der Waals surface area contributed by atoms with Crippen molar-refractivity contribution in [2.24, 2.45) is 0 Å². The lowest BCUT2D eigenvalue weighted by atomic mass is 9.98. The first-order valence-electron chi connectivity index (χ1n) is 9.87. The van der Waals surface area contributed by atoms with Crippen LogP contribution in [-0.2, 0) is 9.59 Å². The van der Waals surface area contributed by atoms with E-state index in [4.69, 9.17) is 0 Å². The number of carbonyl (C=O) groups excluding carboxylic acids is 2. The Labute approximate surface area is 182 Å². The van der Waals surface area contributed by atoms with Crippen molar-refractivity contribution < 1.29 is 22.8 Å². The van der Waals surface area contributed by atoms with E-state index in [9.17, 15) is 22.8 Å². The van der Waals surface area contributed by atoms with E-state index in [-0.39, 0.29) is 18.1 Å². The standard InChI is InChI=1S/C23H19F3N4O2/c1-12-8-19-17(10-28-12)15-4-3-7-27-21(15)13(2)23(32)30(19)11-20(31)29-14-5-6-16(22(25)26)18(24)9-14/h3-10,13,22H,11H2,1-2H3,(H,29,31)/t13-/m0/s1. The number of fused-ring (bicyclic) bond motifs is 3. The topological polar surface area (TPSA) is 75.2 Å². The number of benzene rings is 1. The largest absolute Gasteiger partial charge is 0.324 e. The molecule has 1 aromatic carbocycles. The van der Waals surface area contributed by atoms with E-state index in [1.807, 2.05) is 6.07 Å². The number of nitrogens with zero attached hydrogens (tertiary/aromatic N) is 3. The average molecular weight is 440 g/mol. The van der Waals surface area contributed by atoms with Crippen molar-refractivity contribution in [1.82, 2.24) is 9.97 Å². The van der Waals surface area contributed by atoms with Gasteiger partial charge in [0.1, 0.15) is 12.4 Å². The van der Waals surface area contributed by atoms with Crippen LogP contribution in [-0.4, -0.2) is 28.3 Å². The second-order valence-electron chi connectivity index (χ2n) is 7.51. The summed E-state index contributed by atoms with van der Waals surface area (Å²) in [5.41, 5.74) is 2.43. The van der Waals surface area contributed by atoms with Crippen LogP contribution in [0, 0.1) is 12.7 Å². The average Bonchev–Trinajstić information content (AvgIpc) is 2.83. The molecule has 3 aromatic rings. The maximum absolute atomic E-state index is 13.9. The molecular formula is C23H19F3N4O2. The Bertz CT molecular complexity index is 1220. The molecule has 2 amide bonds. The minimum absolute atomic E-state index is 0.0169. The highest BCUT2D eigenvalue weighted by molar-refractivity contribution is 6.09. The Hall–Kier alpha value is -3.75. The molecule has 9 heteroatoms.